The molecule has 0 aromatic carbocycles. The van der Waals surface area contributed by atoms with Crippen molar-refractivity contribution in [3.63, 3.8) is 0 Å². The first-order valence-electron chi connectivity index (χ1n) is 9.01. The zero-order valence-corrected chi connectivity index (χ0v) is 16.6. The Morgan fingerprint density at radius 2 is 1.88 bits per heavy atom. The molecule has 3 amide bonds. The van der Waals surface area contributed by atoms with Crippen LogP contribution < -0.4 is 0 Å². The number of imide groups is 1. The number of carbonyl (C=O) groups is 3. The van der Waals surface area contributed by atoms with Crippen molar-refractivity contribution in [2.75, 3.05) is 19.6 Å². The summed E-state index contributed by atoms with van der Waals surface area (Å²) in [5.41, 5.74) is 3.12. The lowest BCUT2D eigenvalue weighted by atomic mass is 10.2. The summed E-state index contributed by atoms with van der Waals surface area (Å²) in [6, 6.07) is 2.35. The Hall–Kier alpha value is -2.02. The van der Waals surface area contributed by atoms with Crippen LogP contribution in [-0.4, -0.2) is 51.1 Å². The predicted octanol–water partition coefficient (Wildman–Crippen LogP) is 3.34. The summed E-state index contributed by atoms with van der Waals surface area (Å²) in [6.07, 6.45) is 3.74. The average molecular weight is 375 g/mol. The van der Waals surface area contributed by atoms with Crippen LogP contribution >= 0.6 is 11.8 Å². The number of aryl methyl sites for hydroxylation is 1. The summed E-state index contributed by atoms with van der Waals surface area (Å²) in [5, 5.41) is -0.369. The molecule has 140 valence electrons. The Bertz CT molecular complexity index is 788. The molecule has 1 aromatic rings. The number of carbonyl (C=O) groups excluding carboxylic acids is 3. The molecule has 7 heteroatoms. The van der Waals surface area contributed by atoms with Crippen LogP contribution in [0.2, 0.25) is 0 Å². The molecule has 0 aliphatic carbocycles. The smallest absolute Gasteiger partial charge is 0.294 e. The first kappa shape index (κ1) is 18.8. The summed E-state index contributed by atoms with van der Waals surface area (Å²) in [4.78, 5) is 40.4. The predicted molar refractivity (Wildman–Crippen MR) is 103 cm³/mol. The van der Waals surface area contributed by atoms with Crippen LogP contribution in [0.1, 0.15) is 49.7 Å². The van der Waals surface area contributed by atoms with E-state index in [1.165, 1.54) is 0 Å². The van der Waals surface area contributed by atoms with Crippen LogP contribution in [0.5, 0.6) is 0 Å². The highest BCUT2D eigenvalue weighted by Crippen LogP contribution is 2.33. The van der Waals surface area contributed by atoms with Gasteiger partial charge < -0.3 is 9.47 Å². The van der Waals surface area contributed by atoms with Crippen molar-refractivity contribution in [1.82, 2.24) is 14.4 Å². The van der Waals surface area contributed by atoms with Crippen LogP contribution in [-0.2, 0) is 9.59 Å². The molecular weight excluding hydrogens is 350 g/mol. The molecule has 2 aliphatic heterocycles. The summed E-state index contributed by atoms with van der Waals surface area (Å²) in [7, 11) is 0. The van der Waals surface area contributed by atoms with Gasteiger partial charge in [0, 0.05) is 30.5 Å². The zero-order valence-electron chi connectivity index (χ0n) is 15.7. The third-order valence-electron chi connectivity index (χ3n) is 4.95. The van der Waals surface area contributed by atoms with Crippen LogP contribution in [0, 0.1) is 13.8 Å². The number of nitrogens with zero attached hydrogens (tertiary/aromatic N) is 3. The maximum atomic E-state index is 12.6. The molecule has 0 N–H and O–H groups in total. The van der Waals surface area contributed by atoms with E-state index < -0.39 is 0 Å². The Kier molecular flexibility index (Phi) is 5.27. The first-order chi connectivity index (χ1) is 12.3. The molecule has 3 rings (SSSR count). The van der Waals surface area contributed by atoms with Crippen molar-refractivity contribution in [3.05, 3.63) is 27.9 Å². The van der Waals surface area contributed by atoms with Crippen molar-refractivity contribution in [2.45, 2.75) is 46.6 Å². The minimum Gasteiger partial charge on any atom is -0.346 e. The topological polar surface area (TPSA) is 62.6 Å². The molecule has 6 nitrogen and oxygen atoms in total. The van der Waals surface area contributed by atoms with Gasteiger partial charge in [0.15, 0.2) is 0 Å². The lowest BCUT2D eigenvalue weighted by Crippen LogP contribution is -2.40. The molecule has 0 atom stereocenters. The number of hydrogen-bond acceptors (Lipinski definition) is 4. The number of amides is 3. The average Bonchev–Trinajstić information content (AvgIpc) is 3.25. The molecule has 26 heavy (non-hydrogen) atoms. The van der Waals surface area contributed by atoms with Gasteiger partial charge in [0.1, 0.15) is 6.54 Å². The molecule has 2 saturated heterocycles. The fraction of sp³-hybridized carbons (Fsp3) is 0.526. The lowest BCUT2D eigenvalue weighted by molar-refractivity contribution is -0.135. The fourth-order valence-corrected chi connectivity index (χ4v) is 4.55. The Morgan fingerprint density at radius 1 is 1.23 bits per heavy atom. The number of aromatic nitrogens is 1. The Labute approximate surface area is 158 Å². The van der Waals surface area contributed by atoms with Gasteiger partial charge in [0.25, 0.3) is 11.1 Å². The molecule has 3 heterocycles. The van der Waals surface area contributed by atoms with E-state index in [0.29, 0.717) is 24.0 Å². The first-order valence-corrected chi connectivity index (χ1v) is 9.82. The molecule has 2 fully saturated rings. The van der Waals surface area contributed by atoms with E-state index in [2.05, 4.69) is 18.4 Å². The second-order valence-electron chi connectivity index (χ2n) is 7.15. The lowest BCUT2D eigenvalue weighted by Gasteiger charge is -2.18. The van der Waals surface area contributed by atoms with E-state index in [1.807, 2.05) is 19.9 Å². The minimum absolute atomic E-state index is 0.149. The van der Waals surface area contributed by atoms with Crippen molar-refractivity contribution >= 4 is 34.9 Å². The summed E-state index contributed by atoms with van der Waals surface area (Å²) in [6.45, 7) is 9.54. The van der Waals surface area contributed by atoms with Crippen LogP contribution in [0.15, 0.2) is 11.0 Å². The van der Waals surface area contributed by atoms with E-state index in [1.54, 1.807) is 11.0 Å². The summed E-state index contributed by atoms with van der Waals surface area (Å²) in [5.74, 6) is -0.522. The third kappa shape index (κ3) is 3.45. The Morgan fingerprint density at radius 3 is 2.46 bits per heavy atom. The molecular formula is C19H25N3O3S. The molecule has 2 aliphatic rings. The molecule has 0 bridgehead atoms. The second kappa shape index (κ2) is 7.31. The number of hydrogen-bond donors (Lipinski definition) is 0. The highest BCUT2D eigenvalue weighted by molar-refractivity contribution is 8.18. The van der Waals surface area contributed by atoms with Crippen molar-refractivity contribution < 1.29 is 14.4 Å². The van der Waals surface area contributed by atoms with Crippen LogP contribution in [0.3, 0.4) is 0 Å². The quantitative estimate of drug-likeness (QED) is 0.757. The highest BCUT2D eigenvalue weighted by Gasteiger charge is 2.37. The minimum atomic E-state index is -0.373. The van der Waals surface area contributed by atoms with Crippen molar-refractivity contribution in [1.29, 1.82) is 0 Å². The number of rotatable bonds is 4. The fourth-order valence-electron chi connectivity index (χ4n) is 3.72. The molecule has 0 spiro atoms. The van der Waals surface area contributed by atoms with Gasteiger partial charge in [-0.3, -0.25) is 19.3 Å². The maximum absolute atomic E-state index is 12.6. The zero-order chi connectivity index (χ0) is 19.0. The third-order valence-corrected chi connectivity index (χ3v) is 5.86. The second-order valence-corrected chi connectivity index (χ2v) is 8.14. The normalized spacial score (nSPS) is 19.5. The van der Waals surface area contributed by atoms with Gasteiger partial charge in [-0.15, -0.1) is 0 Å². The van der Waals surface area contributed by atoms with E-state index in [0.717, 1.165) is 46.5 Å². The maximum Gasteiger partial charge on any atom is 0.294 e. The summed E-state index contributed by atoms with van der Waals surface area (Å²) >= 11 is 0.912. The largest absolute Gasteiger partial charge is 0.346 e. The van der Waals surface area contributed by atoms with Gasteiger partial charge in [-0.1, -0.05) is 0 Å². The van der Waals surface area contributed by atoms with Crippen LogP contribution in [0.4, 0.5) is 4.79 Å². The van der Waals surface area contributed by atoms with E-state index in [-0.39, 0.29) is 23.6 Å². The van der Waals surface area contributed by atoms with E-state index >= 15 is 0 Å². The Balaban J connectivity index is 1.79. The number of likely N-dealkylation sites (tertiary alicyclic amines) is 1. The highest BCUT2D eigenvalue weighted by atomic mass is 32.2. The molecule has 1 aromatic heterocycles. The van der Waals surface area contributed by atoms with Gasteiger partial charge in [0.05, 0.1) is 4.91 Å². The number of thioether (sulfide) groups is 1. The van der Waals surface area contributed by atoms with Gasteiger partial charge >= 0.3 is 0 Å². The molecule has 0 radical (unpaired) electrons. The summed E-state index contributed by atoms with van der Waals surface area (Å²) < 4.78 is 2.20. The van der Waals surface area contributed by atoms with E-state index in [9.17, 15) is 14.4 Å². The molecule has 0 saturated carbocycles. The van der Waals surface area contributed by atoms with Gasteiger partial charge in [-0.25, -0.2) is 0 Å². The van der Waals surface area contributed by atoms with Gasteiger partial charge in [0.2, 0.25) is 5.91 Å². The van der Waals surface area contributed by atoms with Gasteiger partial charge in [-0.05, 0) is 70.0 Å². The standard InChI is InChI=1S/C19H25N3O3S/c1-12(2)22-13(3)9-15(14(22)4)10-16-18(24)21(19(25)26-16)11-17(23)20-7-5-6-8-20/h9-10,12H,5-8,11H2,1-4H3. The van der Waals surface area contributed by atoms with Crippen molar-refractivity contribution in [2.24, 2.45) is 0 Å². The monoisotopic (exact) mass is 375 g/mol. The van der Waals surface area contributed by atoms with Crippen LogP contribution in [0.25, 0.3) is 6.08 Å². The van der Waals surface area contributed by atoms with E-state index in [4.69, 9.17) is 0 Å². The van der Waals surface area contributed by atoms with Crippen molar-refractivity contribution in [3.8, 4) is 0 Å². The molecule has 0 unspecified atom stereocenters. The SMILES string of the molecule is Cc1cc(C=C2SC(=O)N(CC(=O)N3CCCC3)C2=O)c(C)n1C(C)C. The van der Waals surface area contributed by atoms with Gasteiger partial charge in [-0.2, -0.15) is 0 Å².